The summed E-state index contributed by atoms with van der Waals surface area (Å²) < 4.78 is 25.0. The molecular weight excluding hydrogens is 568 g/mol. The number of ether oxygens (including phenoxy) is 4. The molecule has 6 aromatic carbocycles. The lowest BCUT2D eigenvalue weighted by atomic mass is 9.81. The van der Waals surface area contributed by atoms with Crippen molar-refractivity contribution < 1.29 is 18.9 Å². The van der Waals surface area contributed by atoms with Crippen molar-refractivity contribution in [1.82, 2.24) is 0 Å². The molecule has 2 unspecified atom stereocenters. The molecule has 224 valence electrons. The first-order chi connectivity index (χ1) is 22.6. The molecule has 0 saturated heterocycles. The normalized spacial score (nSPS) is 19.4. The summed E-state index contributed by atoms with van der Waals surface area (Å²) in [5, 5.41) is 2.21. The molecule has 2 aliphatic rings. The molecule has 2 atom stereocenters. The predicted molar refractivity (Wildman–Crippen MR) is 184 cm³/mol. The van der Waals surface area contributed by atoms with Crippen LogP contribution >= 0.6 is 0 Å². The van der Waals surface area contributed by atoms with Gasteiger partial charge in [-0.2, -0.15) is 0 Å². The van der Waals surface area contributed by atoms with Crippen LogP contribution in [0.5, 0.6) is 23.0 Å². The van der Waals surface area contributed by atoms with E-state index in [0.717, 1.165) is 67.2 Å². The van der Waals surface area contributed by atoms with Crippen molar-refractivity contribution in [2.24, 2.45) is 0 Å². The van der Waals surface area contributed by atoms with E-state index in [-0.39, 0.29) is 0 Å². The highest BCUT2D eigenvalue weighted by Crippen LogP contribution is 2.49. The Morgan fingerprint density at radius 1 is 0.435 bits per heavy atom. The standard InChI is InChI=1S/C42H32O4/c1-43-34-19-15-32(16-20-34)41(30-9-5-3-6-10-30)27-25-36-38(45-41)23-13-29-14-24-39-37(40(29)36)26-28-42(46-39,31-11-7-4-8-12-31)33-17-21-35(44-2)22-18-33/h3-28H,1-2H3. The summed E-state index contributed by atoms with van der Waals surface area (Å²) in [6.45, 7) is 0. The van der Waals surface area contributed by atoms with Crippen LogP contribution in [0.1, 0.15) is 33.4 Å². The van der Waals surface area contributed by atoms with Gasteiger partial charge in [0.05, 0.1) is 14.2 Å². The first-order valence-electron chi connectivity index (χ1n) is 15.4. The largest absolute Gasteiger partial charge is 0.497 e. The SMILES string of the molecule is COc1ccc(C2(c3ccccc3)C=Cc3c(ccc4ccc5c(c34)C=CC(c3ccccc3)(c3ccc(OC)cc3)O5)O2)cc1. The Morgan fingerprint density at radius 2 is 0.826 bits per heavy atom. The van der Waals surface area contributed by atoms with Gasteiger partial charge in [-0.25, -0.2) is 0 Å². The first-order valence-corrected chi connectivity index (χ1v) is 15.4. The summed E-state index contributed by atoms with van der Waals surface area (Å²) in [5.74, 6) is 3.23. The van der Waals surface area contributed by atoms with Crippen LogP contribution in [0.15, 0.2) is 146 Å². The minimum Gasteiger partial charge on any atom is -0.497 e. The van der Waals surface area contributed by atoms with E-state index in [4.69, 9.17) is 18.9 Å². The van der Waals surface area contributed by atoms with Gasteiger partial charge < -0.3 is 18.9 Å². The topological polar surface area (TPSA) is 36.9 Å². The van der Waals surface area contributed by atoms with Crippen molar-refractivity contribution in [3.63, 3.8) is 0 Å². The Hall–Kier alpha value is -5.74. The monoisotopic (exact) mass is 600 g/mol. The van der Waals surface area contributed by atoms with Gasteiger partial charge in [0.15, 0.2) is 11.2 Å². The number of methoxy groups -OCH3 is 2. The van der Waals surface area contributed by atoms with E-state index in [9.17, 15) is 0 Å². The van der Waals surface area contributed by atoms with E-state index in [0.29, 0.717) is 0 Å². The molecule has 2 heterocycles. The van der Waals surface area contributed by atoms with Crippen molar-refractivity contribution in [1.29, 1.82) is 0 Å². The van der Waals surface area contributed by atoms with E-state index in [1.54, 1.807) is 14.2 Å². The van der Waals surface area contributed by atoms with Crippen LogP contribution in [-0.4, -0.2) is 14.2 Å². The van der Waals surface area contributed by atoms with Gasteiger partial charge in [-0.05, 0) is 66.1 Å². The number of benzene rings is 6. The van der Waals surface area contributed by atoms with Crippen molar-refractivity contribution in [3.05, 3.63) is 179 Å². The average molecular weight is 601 g/mol. The van der Waals surface area contributed by atoms with Gasteiger partial charge in [0, 0.05) is 38.8 Å². The minimum absolute atomic E-state index is 0.799. The molecule has 46 heavy (non-hydrogen) atoms. The van der Waals surface area contributed by atoms with E-state index in [1.165, 1.54) is 0 Å². The molecule has 8 rings (SSSR count). The fraction of sp³-hybridized carbons (Fsp3) is 0.0952. The fourth-order valence-electron chi connectivity index (χ4n) is 6.76. The highest BCUT2D eigenvalue weighted by atomic mass is 16.5. The Labute approximate surface area is 268 Å². The van der Waals surface area contributed by atoms with Crippen LogP contribution in [0.3, 0.4) is 0 Å². The van der Waals surface area contributed by atoms with Gasteiger partial charge in [-0.15, -0.1) is 0 Å². The Kier molecular flexibility index (Phi) is 6.65. The Morgan fingerprint density at radius 3 is 1.22 bits per heavy atom. The second-order valence-electron chi connectivity index (χ2n) is 11.6. The summed E-state index contributed by atoms with van der Waals surface area (Å²) in [6.07, 6.45) is 8.75. The summed E-state index contributed by atoms with van der Waals surface area (Å²) in [5.41, 5.74) is 4.59. The fourth-order valence-corrected chi connectivity index (χ4v) is 6.76. The molecule has 0 N–H and O–H groups in total. The molecule has 2 aliphatic heterocycles. The number of hydrogen-bond acceptors (Lipinski definition) is 4. The van der Waals surface area contributed by atoms with Crippen molar-refractivity contribution in [2.45, 2.75) is 11.2 Å². The zero-order valence-electron chi connectivity index (χ0n) is 25.6. The average Bonchev–Trinajstić information content (AvgIpc) is 3.14. The minimum atomic E-state index is -0.799. The van der Waals surface area contributed by atoms with Gasteiger partial charge in [0.2, 0.25) is 0 Å². The van der Waals surface area contributed by atoms with E-state index in [1.807, 2.05) is 60.7 Å². The van der Waals surface area contributed by atoms with Crippen LogP contribution < -0.4 is 18.9 Å². The second kappa shape index (κ2) is 11.0. The second-order valence-corrected chi connectivity index (χ2v) is 11.6. The Balaban J connectivity index is 1.28. The van der Waals surface area contributed by atoms with Crippen LogP contribution in [0, 0.1) is 0 Å². The summed E-state index contributed by atoms with van der Waals surface area (Å²) in [6, 6.07) is 45.3. The lowest BCUT2D eigenvalue weighted by Crippen LogP contribution is -2.34. The highest BCUT2D eigenvalue weighted by Gasteiger charge is 2.40. The van der Waals surface area contributed by atoms with Gasteiger partial charge in [0.25, 0.3) is 0 Å². The highest BCUT2D eigenvalue weighted by molar-refractivity contribution is 6.02. The number of rotatable bonds is 6. The van der Waals surface area contributed by atoms with Gasteiger partial charge in [0.1, 0.15) is 23.0 Å². The molecule has 0 saturated carbocycles. The Bertz CT molecular complexity index is 1950. The molecule has 6 aromatic rings. The molecule has 4 heteroatoms. The van der Waals surface area contributed by atoms with Gasteiger partial charge >= 0.3 is 0 Å². The zero-order valence-corrected chi connectivity index (χ0v) is 25.6. The molecule has 4 nitrogen and oxygen atoms in total. The lowest BCUT2D eigenvalue weighted by Gasteiger charge is -2.38. The molecule has 0 aliphatic carbocycles. The molecule has 0 radical (unpaired) electrons. The van der Waals surface area contributed by atoms with Crippen molar-refractivity contribution in [2.75, 3.05) is 14.2 Å². The molecule has 0 bridgehead atoms. The summed E-state index contributed by atoms with van der Waals surface area (Å²) in [7, 11) is 3.36. The smallest absolute Gasteiger partial charge is 0.178 e. The maximum atomic E-state index is 7.06. The van der Waals surface area contributed by atoms with E-state index < -0.39 is 11.2 Å². The van der Waals surface area contributed by atoms with Crippen molar-refractivity contribution in [3.8, 4) is 23.0 Å². The predicted octanol–water partition coefficient (Wildman–Crippen LogP) is 9.56. The quantitative estimate of drug-likeness (QED) is 0.191. The van der Waals surface area contributed by atoms with Crippen LogP contribution in [0.25, 0.3) is 22.9 Å². The van der Waals surface area contributed by atoms with Crippen LogP contribution in [0.2, 0.25) is 0 Å². The maximum absolute atomic E-state index is 7.06. The van der Waals surface area contributed by atoms with Crippen LogP contribution in [-0.2, 0) is 11.2 Å². The molecule has 0 aromatic heterocycles. The van der Waals surface area contributed by atoms with Crippen LogP contribution in [0.4, 0.5) is 0 Å². The summed E-state index contributed by atoms with van der Waals surface area (Å²) in [4.78, 5) is 0. The molecule has 0 amide bonds. The number of hydrogen-bond donors (Lipinski definition) is 0. The van der Waals surface area contributed by atoms with E-state index >= 15 is 0 Å². The third kappa shape index (κ3) is 4.37. The maximum Gasteiger partial charge on any atom is 0.178 e. The molecule has 0 fully saturated rings. The number of fused-ring (bicyclic) bond motifs is 5. The zero-order chi connectivity index (χ0) is 31.1. The molecular formula is C42H32O4. The van der Waals surface area contributed by atoms with E-state index in [2.05, 4.69) is 97.1 Å². The third-order valence-electron chi connectivity index (χ3n) is 9.14. The van der Waals surface area contributed by atoms with Gasteiger partial charge in [-0.1, -0.05) is 97.1 Å². The molecule has 0 spiro atoms. The third-order valence-corrected chi connectivity index (χ3v) is 9.14. The summed E-state index contributed by atoms with van der Waals surface area (Å²) >= 11 is 0. The van der Waals surface area contributed by atoms with Crippen molar-refractivity contribution >= 4 is 22.9 Å². The van der Waals surface area contributed by atoms with Gasteiger partial charge in [-0.3, -0.25) is 0 Å². The first kappa shape index (κ1) is 27.8. The lowest BCUT2D eigenvalue weighted by molar-refractivity contribution is 0.160.